The zero-order valence-electron chi connectivity index (χ0n) is 13.2. The minimum atomic E-state index is 0.409. The Labute approximate surface area is 133 Å². The third kappa shape index (κ3) is 2.59. The van der Waals surface area contributed by atoms with Crippen molar-refractivity contribution in [3.05, 3.63) is 58.1 Å². The number of aryl methyl sites for hydroxylation is 3. The van der Waals surface area contributed by atoms with E-state index in [4.69, 9.17) is 9.47 Å². The summed E-state index contributed by atoms with van der Waals surface area (Å²) in [5, 5.41) is 12.0. The number of nitrogens with zero attached hydrogens (tertiary/aromatic N) is 3. The van der Waals surface area contributed by atoms with Gasteiger partial charge in [-0.15, -0.1) is 0 Å². The lowest BCUT2D eigenvalue weighted by Gasteiger charge is -2.06. The molecule has 0 spiro atoms. The average molecular weight is 307 g/mol. The maximum absolute atomic E-state index is 5.57. The zero-order chi connectivity index (χ0) is 15.8. The van der Waals surface area contributed by atoms with Gasteiger partial charge in [0.05, 0.1) is 5.71 Å². The van der Waals surface area contributed by atoms with Crippen LogP contribution in [0.2, 0.25) is 0 Å². The summed E-state index contributed by atoms with van der Waals surface area (Å²) in [7, 11) is 0. The molecule has 4 rings (SSSR count). The maximum atomic E-state index is 5.57. The molecule has 23 heavy (non-hydrogen) atoms. The van der Waals surface area contributed by atoms with Crippen LogP contribution < -0.4 is 0 Å². The van der Waals surface area contributed by atoms with Crippen LogP contribution in [0.1, 0.15) is 34.2 Å². The van der Waals surface area contributed by atoms with E-state index in [0.717, 1.165) is 35.2 Å². The van der Waals surface area contributed by atoms with E-state index in [1.807, 2.05) is 18.2 Å². The van der Waals surface area contributed by atoms with Gasteiger partial charge in [0.2, 0.25) is 0 Å². The second-order valence-corrected chi connectivity index (χ2v) is 5.99. The fourth-order valence-electron chi connectivity index (χ4n) is 2.94. The lowest BCUT2D eigenvalue weighted by atomic mass is 10.0. The topological polar surface area (TPSA) is 60.5 Å². The van der Waals surface area contributed by atoms with Gasteiger partial charge in [0.15, 0.2) is 0 Å². The quantitative estimate of drug-likeness (QED) is 0.692. The fourth-order valence-corrected chi connectivity index (χ4v) is 2.94. The number of benzene rings is 2. The standard InChI is InChI=1S/C18H17N3O2/c1-11-7-14-4-6-16(15(14)8-12(11)2)19-22-10-13-3-5-17-18(9-13)21-23-20-17/h3,5,7-9H,4,6,10H2,1-2H3/b19-16+. The molecule has 3 aromatic rings. The smallest absolute Gasteiger partial charge is 0.142 e. The molecule has 116 valence electrons. The summed E-state index contributed by atoms with van der Waals surface area (Å²) < 4.78 is 4.70. The van der Waals surface area contributed by atoms with Gasteiger partial charge in [-0.2, -0.15) is 0 Å². The molecule has 0 N–H and O–H groups in total. The van der Waals surface area contributed by atoms with E-state index in [0.29, 0.717) is 6.61 Å². The molecule has 0 saturated carbocycles. The molecule has 0 fully saturated rings. The third-order valence-corrected chi connectivity index (χ3v) is 4.39. The second-order valence-electron chi connectivity index (χ2n) is 5.99. The Hall–Kier alpha value is -2.69. The van der Waals surface area contributed by atoms with Gasteiger partial charge in [0.25, 0.3) is 0 Å². The van der Waals surface area contributed by atoms with Crippen molar-refractivity contribution >= 4 is 16.7 Å². The van der Waals surface area contributed by atoms with Crippen molar-refractivity contribution in [2.75, 3.05) is 0 Å². The van der Waals surface area contributed by atoms with Gasteiger partial charge in [-0.3, -0.25) is 0 Å². The molecule has 2 aromatic carbocycles. The Balaban J connectivity index is 1.51. The number of fused-ring (bicyclic) bond motifs is 2. The van der Waals surface area contributed by atoms with Gasteiger partial charge < -0.3 is 4.84 Å². The normalized spacial score (nSPS) is 15.3. The zero-order valence-corrected chi connectivity index (χ0v) is 13.2. The molecule has 1 aliphatic carbocycles. The molecular weight excluding hydrogens is 290 g/mol. The first-order chi connectivity index (χ1) is 11.2. The van der Waals surface area contributed by atoms with Crippen molar-refractivity contribution in [3.63, 3.8) is 0 Å². The van der Waals surface area contributed by atoms with Crippen LogP contribution in [0.15, 0.2) is 40.1 Å². The van der Waals surface area contributed by atoms with Gasteiger partial charge in [-0.05, 0) is 77.5 Å². The Kier molecular flexibility index (Phi) is 3.33. The molecule has 0 amide bonds. The Morgan fingerprint density at radius 2 is 1.87 bits per heavy atom. The molecule has 0 atom stereocenters. The molecule has 0 bridgehead atoms. The lowest BCUT2D eigenvalue weighted by molar-refractivity contribution is 0.130. The van der Waals surface area contributed by atoms with Gasteiger partial charge in [0, 0.05) is 5.56 Å². The van der Waals surface area contributed by atoms with Crippen LogP contribution in [-0.4, -0.2) is 16.0 Å². The van der Waals surface area contributed by atoms with Crippen molar-refractivity contribution < 1.29 is 9.47 Å². The minimum Gasteiger partial charge on any atom is -0.391 e. The van der Waals surface area contributed by atoms with Gasteiger partial charge in [-0.1, -0.05) is 17.3 Å². The van der Waals surface area contributed by atoms with E-state index < -0.39 is 0 Å². The van der Waals surface area contributed by atoms with Crippen LogP contribution in [0.5, 0.6) is 0 Å². The summed E-state index contributed by atoms with van der Waals surface area (Å²) in [6.45, 7) is 4.69. The fraction of sp³-hybridized carbons (Fsp3) is 0.278. The Morgan fingerprint density at radius 1 is 1.04 bits per heavy atom. The highest BCUT2D eigenvalue weighted by molar-refractivity contribution is 6.04. The van der Waals surface area contributed by atoms with Crippen molar-refractivity contribution in [1.29, 1.82) is 0 Å². The highest BCUT2D eigenvalue weighted by Crippen LogP contribution is 2.26. The lowest BCUT2D eigenvalue weighted by Crippen LogP contribution is -1.98. The molecule has 0 unspecified atom stereocenters. The summed E-state index contributed by atoms with van der Waals surface area (Å²) in [6.07, 6.45) is 1.97. The Bertz CT molecular complexity index is 912. The largest absolute Gasteiger partial charge is 0.391 e. The van der Waals surface area contributed by atoms with Crippen molar-refractivity contribution in [2.24, 2.45) is 5.16 Å². The van der Waals surface area contributed by atoms with Crippen molar-refractivity contribution in [3.8, 4) is 0 Å². The summed E-state index contributed by atoms with van der Waals surface area (Å²) in [6, 6.07) is 10.2. The van der Waals surface area contributed by atoms with Gasteiger partial charge >= 0.3 is 0 Å². The van der Waals surface area contributed by atoms with Crippen LogP contribution in [0.3, 0.4) is 0 Å². The summed E-state index contributed by atoms with van der Waals surface area (Å²) in [5.74, 6) is 0. The molecule has 0 radical (unpaired) electrons. The number of aromatic nitrogens is 2. The minimum absolute atomic E-state index is 0.409. The van der Waals surface area contributed by atoms with Crippen LogP contribution in [-0.2, 0) is 17.9 Å². The molecule has 1 aliphatic rings. The SMILES string of the molecule is Cc1cc2c(cc1C)/C(=N/OCc1ccc3nonc3c1)CC2. The van der Waals surface area contributed by atoms with Crippen molar-refractivity contribution in [2.45, 2.75) is 33.3 Å². The first-order valence-electron chi connectivity index (χ1n) is 7.71. The highest BCUT2D eigenvalue weighted by Gasteiger charge is 2.19. The summed E-state index contributed by atoms with van der Waals surface area (Å²) in [4.78, 5) is 5.57. The summed E-state index contributed by atoms with van der Waals surface area (Å²) in [5.41, 5.74) is 8.73. The number of oxime groups is 1. The molecular formula is C18H17N3O2. The van der Waals surface area contributed by atoms with Crippen molar-refractivity contribution in [1.82, 2.24) is 10.3 Å². The highest BCUT2D eigenvalue weighted by atomic mass is 16.6. The average Bonchev–Trinajstić information content (AvgIpc) is 3.15. The molecule has 1 heterocycles. The van der Waals surface area contributed by atoms with Crippen LogP contribution >= 0.6 is 0 Å². The molecule has 1 aromatic heterocycles. The molecule has 5 nitrogen and oxygen atoms in total. The van der Waals surface area contributed by atoms with Crippen LogP contribution in [0.4, 0.5) is 0 Å². The van der Waals surface area contributed by atoms with E-state index in [2.05, 4.69) is 41.4 Å². The number of hydrogen-bond donors (Lipinski definition) is 0. The van der Waals surface area contributed by atoms with E-state index in [1.165, 1.54) is 22.3 Å². The third-order valence-electron chi connectivity index (χ3n) is 4.39. The van der Waals surface area contributed by atoms with Crippen LogP contribution in [0, 0.1) is 13.8 Å². The molecule has 5 heteroatoms. The molecule has 0 aliphatic heterocycles. The first kappa shape index (κ1) is 13.9. The Morgan fingerprint density at radius 3 is 2.78 bits per heavy atom. The van der Waals surface area contributed by atoms with E-state index in [-0.39, 0.29) is 0 Å². The number of rotatable bonds is 3. The van der Waals surface area contributed by atoms with E-state index >= 15 is 0 Å². The summed E-state index contributed by atoms with van der Waals surface area (Å²) >= 11 is 0. The van der Waals surface area contributed by atoms with Gasteiger partial charge in [0.1, 0.15) is 17.6 Å². The molecule has 0 saturated heterocycles. The van der Waals surface area contributed by atoms with E-state index in [9.17, 15) is 0 Å². The second kappa shape index (κ2) is 5.50. The number of hydrogen-bond acceptors (Lipinski definition) is 5. The first-order valence-corrected chi connectivity index (χ1v) is 7.71. The van der Waals surface area contributed by atoms with Gasteiger partial charge in [-0.25, -0.2) is 4.63 Å². The predicted octanol–water partition coefficient (Wildman–Crippen LogP) is 3.71. The predicted molar refractivity (Wildman–Crippen MR) is 87.4 cm³/mol. The van der Waals surface area contributed by atoms with Crippen LogP contribution in [0.25, 0.3) is 11.0 Å². The maximum Gasteiger partial charge on any atom is 0.142 e. The van der Waals surface area contributed by atoms with E-state index in [1.54, 1.807) is 0 Å². The monoisotopic (exact) mass is 307 g/mol.